The fraction of sp³-hybridized carbons (Fsp3) is 0.560. The molecule has 6 aromatic rings. The van der Waals surface area contributed by atoms with E-state index in [0.717, 1.165) is 54.2 Å². The molecule has 1 N–H and O–H groups in total. The lowest BCUT2D eigenvalue weighted by atomic mass is 9.98. The van der Waals surface area contributed by atoms with Crippen LogP contribution in [-0.4, -0.2) is 87.7 Å². The van der Waals surface area contributed by atoms with E-state index in [1.165, 1.54) is 52.2 Å². The fourth-order valence-electron chi connectivity index (χ4n) is 8.86. The summed E-state index contributed by atoms with van der Waals surface area (Å²) in [5, 5.41) is 10.5. The lowest BCUT2D eigenvalue weighted by Crippen LogP contribution is -2.39. The third kappa shape index (κ3) is 13.2. The Labute approximate surface area is 412 Å². The van der Waals surface area contributed by atoms with E-state index in [9.17, 15) is 24.3 Å². The number of hydrogen-bond donors (Lipinski definition) is 1. The Morgan fingerprint density at radius 1 is 0.580 bits per heavy atom. The second kappa shape index (κ2) is 25.6. The molecule has 2 saturated carbocycles. The minimum Gasteiger partial charge on any atom is -0.462 e. The second-order valence-electron chi connectivity index (χ2n) is 17.5. The number of ether oxygens (including phenoxy) is 4. The molecule has 2 fully saturated rings. The predicted molar refractivity (Wildman–Crippen MR) is 270 cm³/mol. The molecule has 0 aliphatic heterocycles. The van der Waals surface area contributed by atoms with Gasteiger partial charge in [-0.05, 0) is 73.9 Å². The summed E-state index contributed by atoms with van der Waals surface area (Å²) in [6, 6.07) is 15.3. The van der Waals surface area contributed by atoms with Gasteiger partial charge in [-0.1, -0.05) is 107 Å². The zero-order valence-electron chi connectivity index (χ0n) is 39.4. The van der Waals surface area contributed by atoms with E-state index in [1.807, 2.05) is 43.3 Å². The number of fused-ring (bicyclic) bond motifs is 2. The zero-order chi connectivity index (χ0) is 48.2. The van der Waals surface area contributed by atoms with E-state index in [0.29, 0.717) is 73.1 Å². The minimum absolute atomic E-state index is 0. The molecule has 0 radical (unpaired) electrons. The Morgan fingerprint density at radius 2 is 0.971 bits per heavy atom. The van der Waals surface area contributed by atoms with Crippen LogP contribution in [-0.2, 0) is 49.7 Å². The van der Waals surface area contributed by atoms with Gasteiger partial charge in [-0.3, -0.25) is 37.0 Å². The van der Waals surface area contributed by atoms with Gasteiger partial charge in [-0.2, -0.15) is 9.97 Å². The molecule has 376 valence electrons. The molecule has 2 aromatic carbocycles. The molecule has 2 aliphatic rings. The minimum atomic E-state index is -0.478. The standard InChI is InChI=1S/C25H33ClN4O4.C24H31ClN4O5.CH4/c1-3-4-14-29-23(31)21-22(28(2)25(29)32)27-24(30(21)17-18-10-12-19(26)13-11-18)34-16-15-33-20-8-6-5-7-9-20;1-27-21-20(22(31)28(24(27)32)12-5-13-30)29(16-17-8-10-18(25)11-9-17)23(26-21)34-15-14-33-19-6-3-2-4-7-19;/h10-13,20H,3-9,14-17H2,1-2H3;8-11,19,30H,2-7,12-16H2,1H3;1H4. The van der Waals surface area contributed by atoms with Crippen molar-refractivity contribution < 1.29 is 24.1 Å². The SMILES string of the molecule is C.CCCCn1c(=O)c2c(nc(OCCOC3CCCCC3)n2Cc2ccc(Cl)cc2)n(C)c1=O.Cn1c(=O)n(CCCO)c(=O)c2c1nc(OCCOC1CCCCC1)n2Cc1ccc(Cl)cc1. The Bertz CT molecular complexity index is 2640. The van der Waals surface area contributed by atoms with Gasteiger partial charge in [0.25, 0.3) is 23.1 Å². The smallest absolute Gasteiger partial charge is 0.332 e. The van der Waals surface area contributed by atoms with Gasteiger partial charge in [0.05, 0.1) is 38.5 Å². The lowest BCUT2D eigenvalue weighted by molar-refractivity contribution is 0.0112. The van der Waals surface area contributed by atoms with Crippen molar-refractivity contribution in [3.63, 3.8) is 0 Å². The summed E-state index contributed by atoms with van der Waals surface area (Å²) in [4.78, 5) is 61.5. The van der Waals surface area contributed by atoms with Crippen molar-refractivity contribution in [1.29, 1.82) is 0 Å². The first-order valence-electron chi connectivity index (χ1n) is 24.0. The number of aliphatic hydroxyl groups excluding tert-OH is 1. The van der Waals surface area contributed by atoms with Gasteiger partial charge in [-0.25, -0.2) is 9.59 Å². The van der Waals surface area contributed by atoms with Crippen molar-refractivity contribution in [2.24, 2.45) is 14.1 Å². The summed E-state index contributed by atoms with van der Waals surface area (Å²) in [5.74, 6) is 0. The van der Waals surface area contributed by atoms with Crippen molar-refractivity contribution in [1.82, 2.24) is 37.4 Å². The number of aryl methyl sites for hydroxylation is 2. The average Bonchev–Trinajstić information content (AvgIpc) is 3.90. The topological polar surface area (TPSA) is 181 Å². The number of aliphatic hydroxyl groups is 1. The van der Waals surface area contributed by atoms with E-state index >= 15 is 0 Å². The van der Waals surface area contributed by atoms with Crippen molar-refractivity contribution in [2.45, 2.75) is 136 Å². The van der Waals surface area contributed by atoms with Crippen molar-refractivity contribution in [2.75, 3.05) is 33.0 Å². The predicted octanol–water partition coefficient (Wildman–Crippen LogP) is 7.47. The summed E-state index contributed by atoms with van der Waals surface area (Å²) in [6.45, 7) is 4.57. The molecule has 19 heteroatoms. The molecular formula is C50H68Cl2N8O9. The van der Waals surface area contributed by atoms with Crippen molar-refractivity contribution in [3.8, 4) is 12.0 Å². The van der Waals surface area contributed by atoms with E-state index < -0.39 is 11.2 Å². The summed E-state index contributed by atoms with van der Waals surface area (Å²) in [7, 11) is 3.22. The molecule has 0 spiro atoms. The third-order valence-electron chi connectivity index (χ3n) is 12.6. The summed E-state index contributed by atoms with van der Waals surface area (Å²) < 4.78 is 32.6. The van der Waals surface area contributed by atoms with Crippen LogP contribution in [0.25, 0.3) is 22.3 Å². The first-order valence-corrected chi connectivity index (χ1v) is 24.7. The van der Waals surface area contributed by atoms with Crippen molar-refractivity contribution >= 4 is 45.5 Å². The van der Waals surface area contributed by atoms with Crippen LogP contribution in [0.2, 0.25) is 10.0 Å². The number of nitrogens with zero attached hydrogens (tertiary/aromatic N) is 8. The van der Waals surface area contributed by atoms with E-state index in [1.54, 1.807) is 35.4 Å². The maximum Gasteiger partial charge on any atom is 0.332 e. The molecule has 0 atom stereocenters. The van der Waals surface area contributed by atoms with E-state index in [-0.39, 0.29) is 67.8 Å². The summed E-state index contributed by atoms with van der Waals surface area (Å²) in [5.41, 5.74) is 1.41. The van der Waals surface area contributed by atoms with Crippen LogP contribution < -0.4 is 32.0 Å². The normalized spacial score (nSPS) is 14.5. The highest BCUT2D eigenvalue weighted by Crippen LogP contribution is 2.25. The van der Waals surface area contributed by atoms with E-state index in [4.69, 9.17) is 42.1 Å². The highest BCUT2D eigenvalue weighted by Gasteiger charge is 2.24. The molecule has 4 heterocycles. The molecular weight excluding hydrogens is 928 g/mol. The fourth-order valence-corrected chi connectivity index (χ4v) is 9.11. The molecule has 0 saturated heterocycles. The van der Waals surface area contributed by atoms with Crippen LogP contribution in [0, 0.1) is 0 Å². The summed E-state index contributed by atoms with van der Waals surface area (Å²) in [6.07, 6.45) is 14.2. The highest BCUT2D eigenvalue weighted by molar-refractivity contribution is 6.30. The van der Waals surface area contributed by atoms with Gasteiger partial charge in [-0.15, -0.1) is 0 Å². The Hall–Kier alpha value is -5.20. The van der Waals surface area contributed by atoms with Crippen LogP contribution in [0.1, 0.15) is 109 Å². The van der Waals surface area contributed by atoms with Crippen LogP contribution in [0.5, 0.6) is 12.0 Å². The van der Waals surface area contributed by atoms with Crippen LogP contribution >= 0.6 is 23.2 Å². The molecule has 0 amide bonds. The van der Waals surface area contributed by atoms with Gasteiger partial charge >= 0.3 is 11.4 Å². The Balaban J connectivity index is 0.000000224. The molecule has 0 unspecified atom stereocenters. The number of hydrogen-bond acceptors (Lipinski definition) is 11. The maximum atomic E-state index is 13.4. The molecule has 0 bridgehead atoms. The molecule has 2 aliphatic carbocycles. The first-order chi connectivity index (χ1) is 33.0. The number of benzene rings is 2. The van der Waals surface area contributed by atoms with E-state index in [2.05, 4.69) is 9.97 Å². The number of unbranched alkanes of at least 4 members (excludes halogenated alkanes) is 1. The number of rotatable bonds is 20. The van der Waals surface area contributed by atoms with Crippen LogP contribution in [0.15, 0.2) is 67.7 Å². The quantitative estimate of drug-likeness (QED) is 0.0750. The highest BCUT2D eigenvalue weighted by atomic mass is 35.5. The first kappa shape index (κ1) is 53.2. The summed E-state index contributed by atoms with van der Waals surface area (Å²) >= 11 is 12.1. The van der Waals surface area contributed by atoms with Gasteiger partial charge in [0.2, 0.25) is 0 Å². The Kier molecular flexibility index (Phi) is 19.7. The van der Waals surface area contributed by atoms with Crippen molar-refractivity contribution in [3.05, 3.63) is 111 Å². The monoisotopic (exact) mass is 994 g/mol. The average molecular weight is 996 g/mol. The molecule has 4 aromatic heterocycles. The second-order valence-corrected chi connectivity index (χ2v) is 18.4. The molecule has 17 nitrogen and oxygen atoms in total. The van der Waals surface area contributed by atoms with Gasteiger partial charge in [0.1, 0.15) is 13.2 Å². The number of imidazole rings is 2. The lowest BCUT2D eigenvalue weighted by Gasteiger charge is -2.21. The Morgan fingerprint density at radius 3 is 1.35 bits per heavy atom. The van der Waals surface area contributed by atoms with Crippen LogP contribution in [0.3, 0.4) is 0 Å². The maximum absolute atomic E-state index is 13.4. The zero-order valence-corrected chi connectivity index (χ0v) is 40.9. The third-order valence-corrected chi connectivity index (χ3v) is 13.1. The van der Waals surface area contributed by atoms with Gasteiger partial charge < -0.3 is 24.1 Å². The number of halogens is 2. The van der Waals surface area contributed by atoms with Gasteiger partial charge in [0.15, 0.2) is 22.3 Å². The van der Waals surface area contributed by atoms with Gasteiger partial charge in [0, 0.05) is 43.8 Å². The number of aromatic nitrogens is 8. The molecule has 8 rings (SSSR count). The van der Waals surface area contributed by atoms with Crippen LogP contribution in [0.4, 0.5) is 0 Å². The molecule has 69 heavy (non-hydrogen) atoms. The largest absolute Gasteiger partial charge is 0.462 e.